The van der Waals surface area contributed by atoms with Crippen LogP contribution in [-0.4, -0.2) is 23.2 Å². The fourth-order valence-corrected chi connectivity index (χ4v) is 3.55. The Balaban J connectivity index is 2.21. The Morgan fingerprint density at radius 2 is 1.92 bits per heavy atom. The Morgan fingerprint density at radius 1 is 1.23 bits per heavy atom. The molecule has 2 N–H and O–H groups in total. The number of nitrogens with two attached hydrogens (primary N) is 1. The van der Waals surface area contributed by atoms with Crippen molar-refractivity contribution in [3.63, 3.8) is 0 Å². The van der Waals surface area contributed by atoms with Gasteiger partial charge >= 0.3 is 6.18 Å². The molecular formula is C14H10F4N4O2S2. The molecule has 12 heteroatoms. The van der Waals surface area contributed by atoms with Gasteiger partial charge in [-0.25, -0.2) is 27.6 Å². The normalized spacial score (nSPS) is 12.5. The summed E-state index contributed by atoms with van der Waals surface area (Å²) >= 11 is 1.06. The number of hydrogen-bond acceptors (Lipinski definition) is 5. The second kappa shape index (κ2) is 6.14. The number of hydrogen-bond donors (Lipinski definition) is 1. The van der Waals surface area contributed by atoms with Gasteiger partial charge in [-0.05, 0) is 25.1 Å². The highest BCUT2D eigenvalue weighted by atomic mass is 32.2. The third-order valence-electron chi connectivity index (χ3n) is 3.32. The molecule has 0 amide bonds. The first-order valence-electron chi connectivity index (χ1n) is 6.89. The molecule has 26 heavy (non-hydrogen) atoms. The Morgan fingerprint density at radius 3 is 2.42 bits per heavy atom. The van der Waals surface area contributed by atoms with E-state index in [9.17, 15) is 26.0 Å². The molecule has 0 radical (unpaired) electrons. The monoisotopic (exact) mass is 406 g/mol. The number of aromatic nitrogens is 3. The van der Waals surface area contributed by atoms with Crippen molar-refractivity contribution in [1.82, 2.24) is 14.8 Å². The van der Waals surface area contributed by atoms with Crippen LogP contribution in [0.4, 0.5) is 17.6 Å². The van der Waals surface area contributed by atoms with E-state index in [4.69, 9.17) is 5.14 Å². The lowest BCUT2D eigenvalue weighted by Gasteiger charge is -2.06. The summed E-state index contributed by atoms with van der Waals surface area (Å²) in [5.41, 5.74) is -0.704. The van der Waals surface area contributed by atoms with Gasteiger partial charge in [0.25, 0.3) is 0 Å². The summed E-state index contributed by atoms with van der Waals surface area (Å²) in [4.78, 5) is 3.33. The van der Waals surface area contributed by atoms with E-state index in [0.717, 1.165) is 40.3 Å². The topological polar surface area (TPSA) is 90.9 Å². The van der Waals surface area contributed by atoms with E-state index in [1.165, 1.54) is 0 Å². The second-order valence-electron chi connectivity index (χ2n) is 5.29. The van der Waals surface area contributed by atoms with Crippen LogP contribution < -0.4 is 5.14 Å². The van der Waals surface area contributed by atoms with Crippen LogP contribution >= 0.6 is 11.3 Å². The zero-order valence-corrected chi connectivity index (χ0v) is 14.6. The Kier molecular flexibility index (Phi) is 4.37. The average Bonchev–Trinajstić information content (AvgIpc) is 3.11. The van der Waals surface area contributed by atoms with Crippen molar-refractivity contribution in [1.29, 1.82) is 0 Å². The minimum Gasteiger partial charge on any atom is -0.225 e. The standard InChI is InChI=1S/C14H10F4N4O2S2/c1-7-6-25-13(20-7)22-10(5-12(21-22)14(16,17)18)8-2-3-11(9(15)4-8)26(19,23)24/h2-6H,1H3,(H2,19,23,24). The molecule has 0 bridgehead atoms. The molecule has 0 aliphatic heterocycles. The molecule has 2 aromatic heterocycles. The molecule has 0 fully saturated rings. The van der Waals surface area contributed by atoms with Gasteiger partial charge in [0.2, 0.25) is 15.2 Å². The first kappa shape index (κ1) is 18.5. The van der Waals surface area contributed by atoms with Crippen LogP contribution in [-0.2, 0) is 16.2 Å². The average molecular weight is 406 g/mol. The highest BCUT2D eigenvalue weighted by Crippen LogP contribution is 2.34. The molecule has 0 aliphatic carbocycles. The molecule has 6 nitrogen and oxygen atoms in total. The molecule has 138 valence electrons. The van der Waals surface area contributed by atoms with Gasteiger partial charge in [-0.1, -0.05) is 6.07 Å². The number of halogens is 4. The Labute approximate surface area is 149 Å². The van der Waals surface area contributed by atoms with Gasteiger partial charge in [0, 0.05) is 10.9 Å². The first-order chi connectivity index (χ1) is 12.0. The maximum atomic E-state index is 14.1. The van der Waals surface area contributed by atoms with E-state index < -0.39 is 32.6 Å². The van der Waals surface area contributed by atoms with Gasteiger partial charge in [-0.3, -0.25) is 0 Å². The highest BCUT2D eigenvalue weighted by Gasteiger charge is 2.35. The van der Waals surface area contributed by atoms with Crippen molar-refractivity contribution in [3.8, 4) is 16.4 Å². The zero-order valence-electron chi connectivity index (χ0n) is 13.0. The number of sulfonamides is 1. The molecule has 0 saturated carbocycles. The number of primary sulfonamides is 1. The van der Waals surface area contributed by atoms with Gasteiger partial charge in [-0.2, -0.15) is 18.3 Å². The minimum absolute atomic E-state index is 0.00856. The highest BCUT2D eigenvalue weighted by molar-refractivity contribution is 7.89. The van der Waals surface area contributed by atoms with Crippen molar-refractivity contribution in [2.24, 2.45) is 5.14 Å². The number of aryl methyl sites for hydroxylation is 1. The van der Waals surface area contributed by atoms with Gasteiger partial charge in [0.15, 0.2) is 5.69 Å². The number of thiazole rings is 1. The summed E-state index contributed by atoms with van der Waals surface area (Å²) < 4.78 is 76.8. The van der Waals surface area contributed by atoms with Crippen LogP contribution in [0.2, 0.25) is 0 Å². The smallest absolute Gasteiger partial charge is 0.225 e. The van der Waals surface area contributed by atoms with Gasteiger partial charge in [-0.15, -0.1) is 11.3 Å². The molecule has 0 spiro atoms. The molecule has 0 unspecified atom stereocenters. The largest absolute Gasteiger partial charge is 0.435 e. The summed E-state index contributed by atoms with van der Waals surface area (Å²) in [5.74, 6) is -1.18. The quantitative estimate of drug-likeness (QED) is 0.677. The number of rotatable bonds is 3. The summed E-state index contributed by atoms with van der Waals surface area (Å²) in [6.07, 6.45) is -4.72. The lowest BCUT2D eigenvalue weighted by Crippen LogP contribution is -2.14. The zero-order chi connectivity index (χ0) is 19.3. The van der Waals surface area contributed by atoms with Crippen LogP contribution in [0.15, 0.2) is 34.5 Å². The number of nitrogens with zero attached hydrogens (tertiary/aromatic N) is 3. The van der Waals surface area contributed by atoms with Crippen molar-refractivity contribution in [3.05, 3.63) is 46.9 Å². The van der Waals surface area contributed by atoms with E-state index in [1.807, 2.05) is 0 Å². The van der Waals surface area contributed by atoms with Crippen LogP contribution in [0.1, 0.15) is 11.4 Å². The van der Waals surface area contributed by atoms with Crippen molar-refractivity contribution < 1.29 is 26.0 Å². The molecule has 3 rings (SSSR count). The van der Waals surface area contributed by atoms with Crippen LogP contribution in [0.3, 0.4) is 0 Å². The fraction of sp³-hybridized carbons (Fsp3) is 0.143. The van der Waals surface area contributed by atoms with E-state index in [-0.39, 0.29) is 16.4 Å². The summed E-state index contributed by atoms with van der Waals surface area (Å²) in [6, 6.07) is 3.56. The molecule has 2 heterocycles. The molecule has 3 aromatic rings. The minimum atomic E-state index is -4.72. The van der Waals surface area contributed by atoms with Crippen molar-refractivity contribution in [2.45, 2.75) is 18.0 Å². The van der Waals surface area contributed by atoms with Crippen LogP contribution in [0.5, 0.6) is 0 Å². The fourth-order valence-electron chi connectivity index (χ4n) is 2.20. The third-order valence-corrected chi connectivity index (χ3v) is 5.20. The summed E-state index contributed by atoms with van der Waals surface area (Å²) in [6.45, 7) is 1.66. The van der Waals surface area contributed by atoms with Gasteiger partial charge in [0.1, 0.15) is 10.7 Å². The van der Waals surface area contributed by atoms with Crippen LogP contribution in [0.25, 0.3) is 16.4 Å². The third kappa shape index (κ3) is 3.48. The van der Waals surface area contributed by atoms with E-state index in [1.54, 1.807) is 12.3 Å². The van der Waals surface area contributed by atoms with Crippen molar-refractivity contribution >= 4 is 21.4 Å². The van der Waals surface area contributed by atoms with E-state index in [2.05, 4.69) is 10.1 Å². The molecule has 0 aliphatic rings. The van der Waals surface area contributed by atoms with E-state index >= 15 is 0 Å². The Hall–Kier alpha value is -2.31. The van der Waals surface area contributed by atoms with Crippen molar-refractivity contribution in [2.75, 3.05) is 0 Å². The van der Waals surface area contributed by atoms with Crippen LogP contribution in [0, 0.1) is 12.7 Å². The van der Waals surface area contributed by atoms with E-state index in [0.29, 0.717) is 5.69 Å². The summed E-state index contributed by atoms with van der Waals surface area (Å²) in [5, 5.41) is 10.2. The summed E-state index contributed by atoms with van der Waals surface area (Å²) in [7, 11) is -4.30. The van der Waals surface area contributed by atoms with Gasteiger partial charge < -0.3 is 0 Å². The lowest BCUT2D eigenvalue weighted by molar-refractivity contribution is -0.141. The van der Waals surface area contributed by atoms with Gasteiger partial charge in [0.05, 0.1) is 11.4 Å². The molecular weight excluding hydrogens is 396 g/mol. The predicted octanol–water partition coefficient (Wildman–Crippen LogP) is 3.11. The molecule has 0 atom stereocenters. The Bertz CT molecular complexity index is 1090. The maximum absolute atomic E-state index is 14.1. The lowest BCUT2D eigenvalue weighted by atomic mass is 10.1. The number of alkyl halides is 3. The predicted molar refractivity (Wildman–Crippen MR) is 85.7 cm³/mol. The SMILES string of the molecule is Cc1csc(-n2nc(C(F)(F)F)cc2-c2ccc(S(N)(=O)=O)c(F)c2)n1. The number of benzene rings is 1. The molecule has 1 aromatic carbocycles. The second-order valence-corrected chi connectivity index (χ2v) is 7.65. The maximum Gasteiger partial charge on any atom is 0.435 e. The first-order valence-corrected chi connectivity index (χ1v) is 9.32. The molecule has 0 saturated heterocycles.